The number of benzene rings is 1. The van der Waals surface area contributed by atoms with Crippen LogP contribution in [0.1, 0.15) is 33.5 Å². The third-order valence-electron chi connectivity index (χ3n) is 4.70. The van der Waals surface area contributed by atoms with Crippen molar-refractivity contribution in [1.82, 2.24) is 8.96 Å². The Morgan fingerprint density at radius 3 is 2.35 bits per heavy atom. The summed E-state index contributed by atoms with van der Waals surface area (Å²) in [5, 5.41) is 0. The maximum Gasteiger partial charge on any atom is 0.498 e. The fraction of sp³-hybridized carbons (Fsp3) is 0.533. The van der Waals surface area contributed by atoms with Gasteiger partial charge in [0.15, 0.2) is 12.3 Å². The fourth-order valence-corrected chi connectivity index (χ4v) is 3.00. The van der Waals surface area contributed by atoms with Crippen LogP contribution < -0.4 is 10.2 Å². The molecule has 124 valence electrons. The summed E-state index contributed by atoms with van der Waals surface area (Å²) in [4.78, 5) is 4.36. The number of nitrogens with zero attached hydrogens (tertiary/aromatic N) is 2. The number of halogens is 1. The molecule has 0 aliphatic carbocycles. The maximum absolute atomic E-state index is 13.2. The van der Waals surface area contributed by atoms with Crippen LogP contribution in [0.25, 0.3) is 11.0 Å². The van der Waals surface area contributed by atoms with Gasteiger partial charge >= 0.3 is 7.12 Å². The number of aryl methyl sites for hydroxylation is 1. The second kappa shape index (κ2) is 5.39. The van der Waals surface area contributed by atoms with E-state index in [1.165, 1.54) is 3.97 Å². The van der Waals surface area contributed by atoms with Crippen molar-refractivity contribution in [3.8, 4) is 5.75 Å². The van der Waals surface area contributed by atoms with Crippen LogP contribution in [0, 0.1) is 6.92 Å². The second-order valence-corrected chi connectivity index (χ2v) is 7.20. The summed E-state index contributed by atoms with van der Waals surface area (Å²) in [7, 11) is 1.01. The highest BCUT2D eigenvalue weighted by Gasteiger charge is 2.52. The van der Waals surface area contributed by atoms with Gasteiger partial charge in [-0.3, -0.25) is 0 Å². The van der Waals surface area contributed by atoms with Gasteiger partial charge in [0.25, 0.3) is 0 Å². The molecule has 1 fully saturated rings. The van der Waals surface area contributed by atoms with Crippen LogP contribution >= 0.6 is 12.3 Å². The molecule has 0 atom stereocenters. The largest absolute Gasteiger partial charge is 0.498 e. The maximum atomic E-state index is 13.2. The summed E-state index contributed by atoms with van der Waals surface area (Å²) in [6, 6.07) is 3.61. The minimum atomic E-state index is -0.576. The van der Waals surface area contributed by atoms with Crippen LogP contribution in [-0.4, -0.2) is 34.4 Å². The van der Waals surface area contributed by atoms with Gasteiger partial charge in [-0.1, -0.05) is 0 Å². The zero-order chi connectivity index (χ0) is 17.0. The van der Waals surface area contributed by atoms with Gasteiger partial charge in [0.1, 0.15) is 11.6 Å². The highest BCUT2D eigenvalue weighted by Crippen LogP contribution is 2.37. The van der Waals surface area contributed by atoms with Crippen LogP contribution in [-0.2, 0) is 9.31 Å². The Bertz CT molecular complexity index is 747. The lowest BCUT2D eigenvalue weighted by Gasteiger charge is -2.32. The highest BCUT2D eigenvalue weighted by atomic mass is 32.2. The molecule has 8 heteroatoms. The van der Waals surface area contributed by atoms with Crippen LogP contribution in [0.15, 0.2) is 12.1 Å². The van der Waals surface area contributed by atoms with Gasteiger partial charge in [0.05, 0.1) is 29.3 Å². The standard InChI is InChI=1S/C15H20BFN2O3S/c1-9-18-11-8-13(20-6)10(7-12(11)19(9)23-17)16-21-14(2,3)15(4,5)22-16/h7-8H,1-6H3. The van der Waals surface area contributed by atoms with Gasteiger partial charge in [0, 0.05) is 11.5 Å². The molecule has 3 rings (SSSR count). The number of methoxy groups -OCH3 is 1. The molecule has 5 nitrogen and oxygen atoms in total. The minimum absolute atomic E-state index is 0.128. The number of hydrogen-bond donors (Lipinski definition) is 0. The van der Waals surface area contributed by atoms with Crippen LogP contribution in [0.2, 0.25) is 0 Å². The van der Waals surface area contributed by atoms with Crippen molar-refractivity contribution in [2.24, 2.45) is 0 Å². The molecule has 1 aliphatic heterocycles. The van der Waals surface area contributed by atoms with E-state index in [9.17, 15) is 3.89 Å². The normalized spacial score (nSPS) is 19.5. The molecule has 0 bridgehead atoms. The summed E-state index contributed by atoms with van der Waals surface area (Å²) >= 11 is 0.128. The molecule has 1 aromatic carbocycles. The topological polar surface area (TPSA) is 45.5 Å². The molecule has 0 amide bonds. The van der Waals surface area contributed by atoms with Crippen molar-refractivity contribution in [2.75, 3.05) is 7.11 Å². The van der Waals surface area contributed by atoms with Gasteiger partial charge in [-0.15, -0.1) is 3.89 Å². The Kier molecular flexibility index (Phi) is 3.89. The molecule has 2 aromatic rings. The van der Waals surface area contributed by atoms with Gasteiger partial charge in [-0.25, -0.2) is 8.96 Å². The van der Waals surface area contributed by atoms with E-state index in [2.05, 4.69) is 4.98 Å². The first kappa shape index (κ1) is 16.6. The molecule has 1 aliphatic rings. The first-order valence-electron chi connectivity index (χ1n) is 7.42. The summed E-state index contributed by atoms with van der Waals surface area (Å²) in [5.74, 6) is 1.20. The van der Waals surface area contributed by atoms with Gasteiger partial charge in [0.2, 0.25) is 0 Å². The van der Waals surface area contributed by atoms with Gasteiger partial charge in [-0.2, -0.15) is 0 Å². The second-order valence-electron chi connectivity index (χ2n) is 6.69. The number of fused-ring (bicyclic) bond motifs is 1. The van der Waals surface area contributed by atoms with Crippen molar-refractivity contribution < 1.29 is 17.9 Å². The summed E-state index contributed by atoms with van der Waals surface area (Å²) in [6.07, 6.45) is 0. The van der Waals surface area contributed by atoms with E-state index in [-0.39, 0.29) is 12.3 Å². The quantitative estimate of drug-likeness (QED) is 0.805. The monoisotopic (exact) mass is 338 g/mol. The summed E-state index contributed by atoms with van der Waals surface area (Å²) < 4.78 is 32.3. The Balaban J connectivity index is 2.13. The lowest BCUT2D eigenvalue weighted by Crippen LogP contribution is -2.41. The molecule has 0 unspecified atom stereocenters. The summed E-state index contributed by atoms with van der Waals surface area (Å²) in [5.41, 5.74) is 1.16. The van der Waals surface area contributed by atoms with Crippen molar-refractivity contribution in [1.29, 1.82) is 0 Å². The van der Waals surface area contributed by atoms with Crippen molar-refractivity contribution in [2.45, 2.75) is 45.8 Å². The Hall–Kier alpha value is -1.25. The number of ether oxygens (including phenoxy) is 1. The van der Waals surface area contributed by atoms with Crippen LogP contribution in [0.3, 0.4) is 0 Å². The Labute approximate surface area is 140 Å². The van der Waals surface area contributed by atoms with Crippen molar-refractivity contribution in [3.63, 3.8) is 0 Å². The van der Waals surface area contributed by atoms with E-state index in [0.717, 1.165) is 5.46 Å². The molecule has 0 radical (unpaired) electrons. The fourth-order valence-electron chi connectivity index (χ4n) is 2.64. The molecular weight excluding hydrogens is 318 g/mol. The third kappa shape index (κ3) is 2.53. The SMILES string of the molecule is COc1cc2nc(C)n(SF)c2cc1B1OC(C)(C)C(C)(C)O1. The average Bonchev–Trinajstić information content (AvgIpc) is 2.89. The zero-order valence-electron chi connectivity index (χ0n) is 14.1. The van der Waals surface area contributed by atoms with Crippen LogP contribution in [0.5, 0.6) is 5.75 Å². The predicted molar refractivity (Wildman–Crippen MR) is 90.8 cm³/mol. The number of rotatable bonds is 3. The molecule has 0 spiro atoms. The lowest BCUT2D eigenvalue weighted by atomic mass is 9.78. The lowest BCUT2D eigenvalue weighted by molar-refractivity contribution is 0.00578. The zero-order valence-corrected chi connectivity index (χ0v) is 15.0. The van der Waals surface area contributed by atoms with E-state index in [4.69, 9.17) is 14.0 Å². The van der Waals surface area contributed by atoms with E-state index < -0.39 is 18.3 Å². The van der Waals surface area contributed by atoms with Crippen molar-refractivity contribution in [3.05, 3.63) is 18.0 Å². The highest BCUT2D eigenvalue weighted by molar-refractivity contribution is 7.92. The molecule has 1 aromatic heterocycles. The van der Waals surface area contributed by atoms with Crippen LogP contribution in [0.4, 0.5) is 3.89 Å². The van der Waals surface area contributed by atoms with E-state index in [1.54, 1.807) is 20.1 Å². The third-order valence-corrected chi connectivity index (χ3v) is 5.30. The molecule has 23 heavy (non-hydrogen) atoms. The first-order valence-corrected chi connectivity index (χ1v) is 8.09. The number of aromatic nitrogens is 2. The summed E-state index contributed by atoms with van der Waals surface area (Å²) in [6.45, 7) is 9.72. The number of hydrogen-bond acceptors (Lipinski definition) is 5. The smallest absolute Gasteiger partial charge is 0.497 e. The van der Waals surface area contributed by atoms with E-state index in [1.807, 2.05) is 33.8 Å². The minimum Gasteiger partial charge on any atom is -0.497 e. The molecule has 0 saturated carbocycles. The Morgan fingerprint density at radius 1 is 1.22 bits per heavy atom. The molecule has 0 N–H and O–H groups in total. The molecular formula is C15H20BFN2O3S. The Morgan fingerprint density at radius 2 is 1.83 bits per heavy atom. The van der Waals surface area contributed by atoms with Crippen molar-refractivity contribution >= 4 is 35.9 Å². The molecule has 2 heterocycles. The first-order chi connectivity index (χ1) is 10.7. The average molecular weight is 338 g/mol. The number of imidazole rings is 1. The molecule has 1 saturated heterocycles. The van der Waals surface area contributed by atoms with E-state index >= 15 is 0 Å². The predicted octanol–water partition coefficient (Wildman–Crippen LogP) is 3.03. The van der Waals surface area contributed by atoms with E-state index in [0.29, 0.717) is 22.6 Å². The van der Waals surface area contributed by atoms with Gasteiger partial charge in [-0.05, 0) is 40.7 Å². The van der Waals surface area contributed by atoms with Gasteiger partial charge < -0.3 is 14.0 Å².